The molecule has 2 aliphatic heterocycles. The maximum Gasteiger partial charge on any atom is 0.269 e. The van der Waals surface area contributed by atoms with Crippen molar-refractivity contribution in [2.75, 3.05) is 10.2 Å². The first-order chi connectivity index (χ1) is 19.6. The second kappa shape index (κ2) is 9.35. The van der Waals surface area contributed by atoms with Gasteiger partial charge in [-0.25, -0.2) is 0 Å². The molecule has 0 fully saturated rings. The van der Waals surface area contributed by atoms with Crippen molar-refractivity contribution in [2.45, 2.75) is 18.2 Å². The zero-order chi connectivity index (χ0) is 27.1. The molecule has 196 valence electrons. The molecular formula is C30H23N7O3. The van der Waals surface area contributed by atoms with E-state index in [1.165, 1.54) is 12.1 Å². The Labute approximate surface area is 229 Å². The standard InChI is InChI=1S/C30H23N7O3/c38-37(39)24-17-15-21(16-18-24)29-34-40-30(22-9-3-1-4-10-22)19-26(32-25-13-7-8-14-28(25)35(29)30)27-20-31-36(33-27)23-11-5-2-6-12-23/h1-18,20,26,32H,19H2. The van der Waals surface area contributed by atoms with E-state index < -0.39 is 10.6 Å². The number of nitro groups is 1. The van der Waals surface area contributed by atoms with Crippen molar-refractivity contribution in [3.05, 3.63) is 142 Å². The molecule has 4 aromatic carbocycles. The summed E-state index contributed by atoms with van der Waals surface area (Å²) in [5.74, 6) is 0.557. The van der Waals surface area contributed by atoms with Crippen molar-refractivity contribution in [3.63, 3.8) is 0 Å². The third-order valence-electron chi connectivity index (χ3n) is 7.23. The van der Waals surface area contributed by atoms with E-state index in [-0.39, 0.29) is 11.7 Å². The lowest BCUT2D eigenvalue weighted by Crippen LogP contribution is -2.47. The van der Waals surface area contributed by atoms with Crippen molar-refractivity contribution in [2.24, 2.45) is 5.16 Å². The minimum Gasteiger partial charge on any atom is -0.375 e. The second-order valence-electron chi connectivity index (χ2n) is 9.61. The number of nitrogens with one attached hydrogen (secondary N) is 1. The number of amidine groups is 1. The minimum absolute atomic E-state index is 0.0112. The number of rotatable bonds is 5. The van der Waals surface area contributed by atoms with Crippen LogP contribution in [0.2, 0.25) is 0 Å². The van der Waals surface area contributed by atoms with E-state index in [9.17, 15) is 10.1 Å². The molecule has 40 heavy (non-hydrogen) atoms. The number of benzene rings is 4. The fraction of sp³-hybridized carbons (Fsp3) is 0.100. The van der Waals surface area contributed by atoms with Crippen LogP contribution in [0.25, 0.3) is 5.69 Å². The fourth-order valence-electron chi connectivity index (χ4n) is 5.33. The molecule has 3 heterocycles. The lowest BCUT2D eigenvalue weighted by atomic mass is 9.92. The summed E-state index contributed by atoms with van der Waals surface area (Å²) >= 11 is 0. The first-order valence-corrected chi connectivity index (χ1v) is 12.8. The minimum atomic E-state index is -1.03. The summed E-state index contributed by atoms with van der Waals surface area (Å²) < 4.78 is 0. The lowest BCUT2D eigenvalue weighted by Gasteiger charge is -2.37. The monoisotopic (exact) mass is 529 g/mol. The molecule has 7 rings (SSSR count). The molecule has 0 amide bonds. The van der Waals surface area contributed by atoms with Gasteiger partial charge in [0.05, 0.1) is 34.2 Å². The first-order valence-electron chi connectivity index (χ1n) is 12.8. The second-order valence-corrected chi connectivity index (χ2v) is 9.61. The number of anilines is 2. The van der Waals surface area contributed by atoms with Gasteiger partial charge in [0, 0.05) is 29.7 Å². The van der Waals surface area contributed by atoms with Gasteiger partial charge in [0.15, 0.2) is 5.84 Å². The smallest absolute Gasteiger partial charge is 0.269 e. The summed E-state index contributed by atoms with van der Waals surface area (Å²) in [4.78, 5) is 21.0. The molecule has 2 unspecified atom stereocenters. The number of hydrogen-bond acceptors (Lipinski definition) is 8. The molecular weight excluding hydrogens is 506 g/mol. The Hall–Kier alpha value is -5.51. The highest BCUT2D eigenvalue weighted by atomic mass is 16.7. The molecule has 10 heteroatoms. The number of oxime groups is 1. The Morgan fingerprint density at radius 1 is 0.900 bits per heavy atom. The fourth-order valence-corrected chi connectivity index (χ4v) is 5.33. The van der Waals surface area contributed by atoms with Crippen LogP contribution >= 0.6 is 0 Å². The highest BCUT2D eigenvalue weighted by molar-refractivity contribution is 6.13. The molecule has 2 atom stereocenters. The van der Waals surface area contributed by atoms with Crippen LogP contribution in [0.4, 0.5) is 17.1 Å². The topological polar surface area (TPSA) is 111 Å². The normalized spacial score (nSPS) is 19.4. The quantitative estimate of drug-likeness (QED) is 0.227. The van der Waals surface area contributed by atoms with Gasteiger partial charge >= 0.3 is 0 Å². The van der Waals surface area contributed by atoms with Crippen molar-refractivity contribution >= 4 is 22.9 Å². The van der Waals surface area contributed by atoms with Gasteiger partial charge in [0.25, 0.3) is 5.69 Å². The molecule has 1 aromatic heterocycles. The number of fused-ring (bicyclic) bond motifs is 3. The summed E-state index contributed by atoms with van der Waals surface area (Å²) in [5, 5.41) is 28.9. The van der Waals surface area contributed by atoms with E-state index in [1.807, 2.05) is 84.9 Å². The van der Waals surface area contributed by atoms with Crippen LogP contribution in [0.1, 0.15) is 29.3 Å². The van der Waals surface area contributed by atoms with Gasteiger partial charge in [0.2, 0.25) is 5.72 Å². The van der Waals surface area contributed by atoms with E-state index in [1.54, 1.807) is 23.1 Å². The first kappa shape index (κ1) is 23.6. The summed E-state index contributed by atoms with van der Waals surface area (Å²) in [6.45, 7) is 0. The van der Waals surface area contributed by atoms with Crippen molar-refractivity contribution in [1.82, 2.24) is 15.0 Å². The highest BCUT2D eigenvalue weighted by Gasteiger charge is 2.53. The molecule has 0 aliphatic carbocycles. The lowest BCUT2D eigenvalue weighted by molar-refractivity contribution is -0.384. The number of aromatic nitrogens is 3. The number of nitrogens with zero attached hydrogens (tertiary/aromatic N) is 6. The summed E-state index contributed by atoms with van der Waals surface area (Å²) in [5.41, 5.74) is 3.95. The van der Waals surface area contributed by atoms with Gasteiger partial charge in [-0.15, -0.1) is 0 Å². The average Bonchev–Trinajstić information content (AvgIpc) is 3.61. The Kier molecular flexibility index (Phi) is 5.52. The molecule has 1 N–H and O–H groups in total. The average molecular weight is 530 g/mol. The van der Waals surface area contributed by atoms with Gasteiger partial charge < -0.3 is 10.2 Å². The number of non-ortho nitro benzene ring substituents is 1. The van der Waals surface area contributed by atoms with E-state index in [4.69, 9.17) is 9.94 Å². The van der Waals surface area contributed by atoms with Gasteiger partial charge in [0.1, 0.15) is 5.69 Å². The maximum atomic E-state index is 11.3. The molecule has 2 aliphatic rings. The summed E-state index contributed by atoms with van der Waals surface area (Å²) in [6.07, 6.45) is 2.22. The Morgan fingerprint density at radius 3 is 2.35 bits per heavy atom. The molecule has 0 radical (unpaired) electrons. The molecule has 0 saturated heterocycles. The van der Waals surface area contributed by atoms with Gasteiger partial charge in [-0.05, 0) is 36.4 Å². The zero-order valence-electron chi connectivity index (χ0n) is 21.2. The van der Waals surface area contributed by atoms with E-state index in [0.717, 1.165) is 28.3 Å². The van der Waals surface area contributed by atoms with Crippen LogP contribution in [0.15, 0.2) is 121 Å². The molecule has 0 saturated carbocycles. The van der Waals surface area contributed by atoms with E-state index >= 15 is 0 Å². The van der Waals surface area contributed by atoms with Crippen LogP contribution < -0.4 is 10.2 Å². The van der Waals surface area contributed by atoms with Crippen molar-refractivity contribution < 1.29 is 9.76 Å². The van der Waals surface area contributed by atoms with Crippen molar-refractivity contribution in [1.29, 1.82) is 0 Å². The van der Waals surface area contributed by atoms with Crippen molar-refractivity contribution in [3.8, 4) is 5.69 Å². The SMILES string of the molecule is O=[N+]([O-])c1ccc(C2=NOC3(c4ccccc4)CC(c4cnn(-c5ccccc5)n4)Nc4ccccc4N23)cc1. The number of nitro benzene ring substituents is 1. The largest absolute Gasteiger partial charge is 0.375 e. The Balaban J connectivity index is 1.37. The van der Waals surface area contributed by atoms with Crippen LogP contribution in [-0.2, 0) is 10.6 Å². The van der Waals surface area contributed by atoms with Crippen LogP contribution in [0.5, 0.6) is 0 Å². The summed E-state index contributed by atoms with van der Waals surface area (Å²) in [7, 11) is 0. The highest BCUT2D eigenvalue weighted by Crippen LogP contribution is 2.51. The predicted molar refractivity (Wildman–Crippen MR) is 150 cm³/mol. The van der Waals surface area contributed by atoms with Gasteiger partial charge in [-0.1, -0.05) is 65.8 Å². The summed E-state index contributed by atoms with van der Waals surface area (Å²) in [6, 6.07) is 33.7. The number of hydrogen-bond donors (Lipinski definition) is 1. The third-order valence-corrected chi connectivity index (χ3v) is 7.23. The zero-order valence-corrected chi connectivity index (χ0v) is 21.2. The van der Waals surface area contributed by atoms with Gasteiger partial charge in [-0.3, -0.25) is 15.0 Å². The Morgan fingerprint density at radius 2 is 1.60 bits per heavy atom. The third kappa shape index (κ3) is 3.85. The Bertz CT molecular complexity index is 1720. The van der Waals surface area contributed by atoms with Crippen LogP contribution in [-0.4, -0.2) is 25.8 Å². The molecule has 10 nitrogen and oxygen atoms in total. The van der Waals surface area contributed by atoms with E-state index in [0.29, 0.717) is 17.8 Å². The van der Waals surface area contributed by atoms with Crippen LogP contribution in [0.3, 0.4) is 0 Å². The van der Waals surface area contributed by atoms with E-state index in [2.05, 4.69) is 20.5 Å². The van der Waals surface area contributed by atoms with Gasteiger partial charge in [-0.2, -0.15) is 15.0 Å². The predicted octanol–water partition coefficient (Wildman–Crippen LogP) is 5.78. The molecule has 0 spiro atoms. The maximum absolute atomic E-state index is 11.3. The number of para-hydroxylation sites is 3. The molecule has 5 aromatic rings. The van der Waals surface area contributed by atoms with Crippen LogP contribution in [0, 0.1) is 10.1 Å². The molecule has 0 bridgehead atoms.